The minimum atomic E-state index is -0.335. The van der Waals surface area contributed by atoms with Crippen LogP contribution < -0.4 is 5.43 Å². The molecule has 1 N–H and O–H groups in total. The molecule has 1 aliphatic rings. The van der Waals surface area contributed by atoms with Crippen LogP contribution in [-0.2, 0) is 4.74 Å². The Labute approximate surface area is 147 Å². The van der Waals surface area contributed by atoms with Crippen molar-refractivity contribution in [2.24, 2.45) is 5.41 Å². The number of methoxy groups -OCH3 is 1. The Hall–Kier alpha value is -2.21. The van der Waals surface area contributed by atoms with Gasteiger partial charge in [-0.2, -0.15) is 5.10 Å². The lowest BCUT2D eigenvalue weighted by Gasteiger charge is -2.57. The molecule has 1 aromatic heterocycles. The molecule has 6 heteroatoms. The van der Waals surface area contributed by atoms with E-state index in [0.717, 1.165) is 19.3 Å². The molecule has 2 aromatic rings. The van der Waals surface area contributed by atoms with E-state index in [1.165, 1.54) is 0 Å². The smallest absolute Gasteiger partial charge is 0.278 e. The standard InChI is InChI=1S/C19H25N3O3/c1-5-19(6-2)14(11-15(19)25-4)22(3)18(24)16-17(23)12-9-7-8-10-13(12)20-21-16/h7-10,14-15H,5-6,11H2,1-4H3,(H,20,23). The van der Waals surface area contributed by atoms with Crippen molar-refractivity contribution in [1.29, 1.82) is 0 Å². The van der Waals surface area contributed by atoms with E-state index < -0.39 is 0 Å². The van der Waals surface area contributed by atoms with Crippen molar-refractivity contribution in [2.75, 3.05) is 14.2 Å². The van der Waals surface area contributed by atoms with Crippen LogP contribution in [0, 0.1) is 5.41 Å². The van der Waals surface area contributed by atoms with Gasteiger partial charge >= 0.3 is 0 Å². The second kappa shape index (κ2) is 6.59. The molecule has 0 saturated heterocycles. The van der Waals surface area contributed by atoms with E-state index in [4.69, 9.17) is 4.74 Å². The number of nitrogens with zero attached hydrogens (tertiary/aromatic N) is 2. The van der Waals surface area contributed by atoms with Crippen molar-refractivity contribution < 1.29 is 9.53 Å². The number of rotatable bonds is 5. The predicted octanol–water partition coefficient (Wildman–Crippen LogP) is 2.59. The van der Waals surface area contributed by atoms with Crippen LogP contribution in [0.3, 0.4) is 0 Å². The summed E-state index contributed by atoms with van der Waals surface area (Å²) >= 11 is 0. The Morgan fingerprint density at radius 3 is 2.68 bits per heavy atom. The number of hydrogen-bond acceptors (Lipinski definition) is 4. The molecule has 2 atom stereocenters. The zero-order valence-electron chi connectivity index (χ0n) is 15.2. The lowest BCUT2D eigenvalue weighted by Crippen LogP contribution is -2.64. The SMILES string of the molecule is CCC1(CC)C(OC)CC1N(C)C(=O)c1n[nH]c2ccccc2c1=O. The van der Waals surface area contributed by atoms with Crippen molar-refractivity contribution in [3.63, 3.8) is 0 Å². The number of amides is 1. The van der Waals surface area contributed by atoms with Gasteiger partial charge in [0, 0.05) is 31.0 Å². The molecule has 0 spiro atoms. The van der Waals surface area contributed by atoms with E-state index in [9.17, 15) is 9.59 Å². The first-order valence-corrected chi connectivity index (χ1v) is 8.77. The van der Waals surface area contributed by atoms with Gasteiger partial charge in [0.15, 0.2) is 5.69 Å². The highest BCUT2D eigenvalue weighted by atomic mass is 16.5. The number of para-hydroxylation sites is 1. The monoisotopic (exact) mass is 343 g/mol. The number of carbonyl (C=O) groups excluding carboxylic acids is 1. The van der Waals surface area contributed by atoms with Crippen molar-refractivity contribution in [3.05, 3.63) is 40.2 Å². The molecule has 0 aliphatic heterocycles. The molecule has 0 bridgehead atoms. The van der Waals surface area contributed by atoms with Crippen LogP contribution >= 0.6 is 0 Å². The number of benzene rings is 1. The maximum atomic E-state index is 13.0. The summed E-state index contributed by atoms with van der Waals surface area (Å²) in [5, 5.41) is 7.35. The molecule has 2 unspecified atom stereocenters. The van der Waals surface area contributed by atoms with E-state index in [2.05, 4.69) is 24.0 Å². The topological polar surface area (TPSA) is 75.3 Å². The molecular weight excluding hydrogens is 318 g/mol. The Balaban J connectivity index is 1.94. The summed E-state index contributed by atoms with van der Waals surface area (Å²) in [7, 11) is 3.48. The van der Waals surface area contributed by atoms with Gasteiger partial charge in [-0.1, -0.05) is 26.0 Å². The molecular formula is C19H25N3O3. The first-order chi connectivity index (χ1) is 12.0. The Morgan fingerprint density at radius 1 is 1.36 bits per heavy atom. The van der Waals surface area contributed by atoms with E-state index in [1.807, 2.05) is 6.07 Å². The zero-order chi connectivity index (χ0) is 18.2. The van der Waals surface area contributed by atoms with Gasteiger partial charge in [0.25, 0.3) is 5.91 Å². The van der Waals surface area contributed by atoms with Gasteiger partial charge in [-0.3, -0.25) is 14.7 Å². The number of hydrogen-bond donors (Lipinski definition) is 1. The van der Waals surface area contributed by atoms with Crippen LogP contribution in [0.15, 0.2) is 29.1 Å². The number of aromatic amines is 1. The number of ether oxygens (including phenoxy) is 1. The number of carbonyl (C=O) groups is 1. The predicted molar refractivity (Wildman–Crippen MR) is 96.7 cm³/mol. The third-order valence-corrected chi connectivity index (χ3v) is 6.01. The fourth-order valence-electron chi connectivity index (χ4n) is 4.30. The molecule has 0 radical (unpaired) electrons. The highest BCUT2D eigenvalue weighted by Gasteiger charge is 2.55. The Morgan fingerprint density at radius 2 is 2.04 bits per heavy atom. The summed E-state index contributed by atoms with van der Waals surface area (Å²) in [5.41, 5.74) is 0.185. The average molecular weight is 343 g/mol. The maximum Gasteiger partial charge on any atom is 0.278 e. The molecule has 6 nitrogen and oxygen atoms in total. The highest BCUT2D eigenvalue weighted by Crippen LogP contribution is 2.51. The molecule has 3 rings (SSSR count). The van der Waals surface area contributed by atoms with Gasteiger partial charge < -0.3 is 9.64 Å². The number of H-pyrrole nitrogens is 1. The quantitative estimate of drug-likeness (QED) is 0.905. The molecule has 1 fully saturated rings. The summed E-state index contributed by atoms with van der Waals surface area (Å²) in [6, 6.07) is 7.13. The second-order valence-electron chi connectivity index (χ2n) is 6.78. The van der Waals surface area contributed by atoms with E-state index >= 15 is 0 Å². The largest absolute Gasteiger partial charge is 0.381 e. The molecule has 1 heterocycles. The van der Waals surface area contributed by atoms with Crippen LogP contribution in [0.2, 0.25) is 0 Å². The van der Waals surface area contributed by atoms with Crippen LogP contribution in [0.4, 0.5) is 0 Å². The lowest BCUT2D eigenvalue weighted by atomic mass is 9.58. The van der Waals surface area contributed by atoms with Crippen LogP contribution in [0.1, 0.15) is 43.6 Å². The molecule has 1 saturated carbocycles. The molecule has 1 aromatic carbocycles. The summed E-state index contributed by atoms with van der Waals surface area (Å²) in [6.45, 7) is 4.25. The first-order valence-electron chi connectivity index (χ1n) is 8.77. The lowest BCUT2D eigenvalue weighted by molar-refractivity contribution is -0.147. The van der Waals surface area contributed by atoms with Gasteiger partial charge in [0.05, 0.1) is 11.6 Å². The third kappa shape index (κ3) is 2.56. The first kappa shape index (κ1) is 17.6. The van der Waals surface area contributed by atoms with Gasteiger partial charge in [0.1, 0.15) is 0 Å². The van der Waals surface area contributed by atoms with E-state index in [-0.39, 0.29) is 34.6 Å². The van der Waals surface area contributed by atoms with Crippen molar-refractivity contribution >= 4 is 16.8 Å². The van der Waals surface area contributed by atoms with Crippen molar-refractivity contribution in [1.82, 2.24) is 15.1 Å². The van der Waals surface area contributed by atoms with Crippen LogP contribution in [0.5, 0.6) is 0 Å². The number of nitrogens with one attached hydrogen (secondary N) is 1. The number of aromatic nitrogens is 2. The third-order valence-electron chi connectivity index (χ3n) is 6.01. The number of fused-ring (bicyclic) bond motifs is 1. The molecule has 25 heavy (non-hydrogen) atoms. The molecule has 1 amide bonds. The molecule has 134 valence electrons. The normalized spacial score (nSPS) is 21.8. The Bertz CT molecular complexity index is 841. The maximum absolute atomic E-state index is 13.0. The summed E-state index contributed by atoms with van der Waals surface area (Å²) in [5.74, 6) is -0.335. The minimum absolute atomic E-state index is 0.0487. The highest BCUT2D eigenvalue weighted by molar-refractivity contribution is 5.95. The van der Waals surface area contributed by atoms with Crippen LogP contribution in [-0.4, -0.2) is 47.3 Å². The van der Waals surface area contributed by atoms with E-state index in [0.29, 0.717) is 10.9 Å². The van der Waals surface area contributed by atoms with Gasteiger partial charge in [0.2, 0.25) is 5.43 Å². The summed E-state index contributed by atoms with van der Waals surface area (Å²) in [4.78, 5) is 27.3. The average Bonchev–Trinajstić information content (AvgIpc) is 2.62. The summed E-state index contributed by atoms with van der Waals surface area (Å²) in [6.07, 6.45) is 2.77. The summed E-state index contributed by atoms with van der Waals surface area (Å²) < 4.78 is 5.61. The fraction of sp³-hybridized carbons (Fsp3) is 0.526. The van der Waals surface area contributed by atoms with Crippen molar-refractivity contribution in [3.8, 4) is 0 Å². The molecule has 1 aliphatic carbocycles. The van der Waals surface area contributed by atoms with E-state index in [1.54, 1.807) is 37.3 Å². The van der Waals surface area contributed by atoms with Crippen molar-refractivity contribution in [2.45, 2.75) is 45.3 Å². The second-order valence-corrected chi connectivity index (χ2v) is 6.78. The zero-order valence-corrected chi connectivity index (χ0v) is 15.2. The van der Waals surface area contributed by atoms with Crippen LogP contribution in [0.25, 0.3) is 10.9 Å². The van der Waals surface area contributed by atoms with Gasteiger partial charge in [-0.05, 0) is 31.4 Å². The minimum Gasteiger partial charge on any atom is -0.381 e. The van der Waals surface area contributed by atoms with Gasteiger partial charge in [-0.15, -0.1) is 0 Å². The fourth-order valence-corrected chi connectivity index (χ4v) is 4.30. The van der Waals surface area contributed by atoms with Gasteiger partial charge in [-0.25, -0.2) is 0 Å². The Kier molecular flexibility index (Phi) is 4.64.